The summed E-state index contributed by atoms with van der Waals surface area (Å²) in [6.07, 6.45) is 17.0. The molecular weight excluding hydrogens is 412 g/mol. The van der Waals surface area contributed by atoms with E-state index in [1.165, 1.54) is 24.0 Å². The number of amides is 1. The van der Waals surface area contributed by atoms with Crippen molar-refractivity contribution in [2.45, 2.75) is 64.7 Å². The number of furan rings is 1. The van der Waals surface area contributed by atoms with Gasteiger partial charge in [-0.25, -0.2) is 0 Å². The van der Waals surface area contributed by atoms with Crippen LogP contribution in [0, 0.1) is 0 Å². The van der Waals surface area contributed by atoms with Crippen molar-refractivity contribution in [2.24, 2.45) is 0 Å². The highest BCUT2D eigenvalue weighted by atomic mass is 16.5. The van der Waals surface area contributed by atoms with Crippen LogP contribution in [-0.4, -0.2) is 24.5 Å². The van der Waals surface area contributed by atoms with Gasteiger partial charge in [-0.1, -0.05) is 38.7 Å². The second-order valence-electron chi connectivity index (χ2n) is 8.41. The highest BCUT2D eigenvalue weighted by molar-refractivity contribution is 5.93. The molecule has 5 heteroatoms. The first-order valence-electron chi connectivity index (χ1n) is 12.2. The minimum atomic E-state index is -0.0806. The van der Waals surface area contributed by atoms with Gasteiger partial charge in [-0.15, -0.1) is 0 Å². The first-order chi connectivity index (χ1) is 16.2. The molecule has 0 aliphatic carbocycles. The number of nitrogens with zero attached hydrogens (tertiary/aromatic N) is 1. The van der Waals surface area contributed by atoms with Crippen molar-refractivity contribution in [2.75, 3.05) is 13.7 Å². The van der Waals surface area contributed by atoms with Gasteiger partial charge in [0.2, 0.25) is 5.91 Å². The molecule has 0 saturated heterocycles. The van der Waals surface area contributed by atoms with Gasteiger partial charge in [-0.05, 0) is 61.9 Å². The summed E-state index contributed by atoms with van der Waals surface area (Å²) in [6, 6.07) is 10.0. The normalized spacial score (nSPS) is 11.3. The molecule has 0 aliphatic heterocycles. The topological polar surface area (TPSA) is 64.4 Å². The predicted octanol–water partition coefficient (Wildman–Crippen LogP) is 6.50. The number of fused-ring (bicyclic) bond motifs is 1. The van der Waals surface area contributed by atoms with E-state index in [4.69, 9.17) is 9.15 Å². The fourth-order valence-electron chi connectivity index (χ4n) is 4.00. The highest BCUT2D eigenvalue weighted by Crippen LogP contribution is 2.31. The zero-order valence-corrected chi connectivity index (χ0v) is 19.9. The van der Waals surface area contributed by atoms with Gasteiger partial charge in [0.05, 0.1) is 7.11 Å². The van der Waals surface area contributed by atoms with Crippen molar-refractivity contribution in [3.63, 3.8) is 0 Å². The number of carbonyl (C=O) groups is 1. The van der Waals surface area contributed by atoms with Gasteiger partial charge in [0.1, 0.15) is 17.1 Å². The standard InChI is InChI=1S/C28H36N2O3/c1-3-4-7-13-24-25-15-14-23(32-2)20-27(25)33-26(24)16-17-28(31)30-19-9-6-5-8-11-22-12-10-18-29-21-22/h10,12,14-18,20-21H,3-9,11,13,19H2,1-2H3,(H,30,31). The maximum absolute atomic E-state index is 12.3. The van der Waals surface area contributed by atoms with Crippen molar-refractivity contribution in [3.8, 4) is 5.75 Å². The molecule has 0 saturated carbocycles. The number of aromatic nitrogens is 1. The Balaban J connectivity index is 1.46. The van der Waals surface area contributed by atoms with Gasteiger partial charge in [0, 0.05) is 42.0 Å². The monoisotopic (exact) mass is 448 g/mol. The van der Waals surface area contributed by atoms with Crippen LogP contribution in [0.3, 0.4) is 0 Å². The number of aryl methyl sites for hydroxylation is 2. The summed E-state index contributed by atoms with van der Waals surface area (Å²) >= 11 is 0. The minimum Gasteiger partial charge on any atom is -0.497 e. The van der Waals surface area contributed by atoms with E-state index >= 15 is 0 Å². The van der Waals surface area contributed by atoms with Gasteiger partial charge in [0.15, 0.2) is 0 Å². The average Bonchev–Trinajstić information content (AvgIpc) is 3.19. The Hall–Kier alpha value is -3.08. The Morgan fingerprint density at radius 3 is 2.73 bits per heavy atom. The molecule has 1 N–H and O–H groups in total. The lowest BCUT2D eigenvalue weighted by atomic mass is 10.0. The molecular formula is C28H36N2O3. The van der Waals surface area contributed by atoms with Crippen LogP contribution < -0.4 is 10.1 Å². The van der Waals surface area contributed by atoms with E-state index < -0.39 is 0 Å². The maximum atomic E-state index is 12.3. The van der Waals surface area contributed by atoms with E-state index in [-0.39, 0.29) is 5.91 Å². The van der Waals surface area contributed by atoms with Gasteiger partial charge < -0.3 is 14.5 Å². The van der Waals surface area contributed by atoms with E-state index in [1.54, 1.807) is 25.5 Å². The second kappa shape index (κ2) is 13.5. The molecule has 1 amide bonds. The Morgan fingerprint density at radius 2 is 1.94 bits per heavy atom. The van der Waals surface area contributed by atoms with Crippen LogP contribution in [0.15, 0.2) is 53.2 Å². The Kier molecular flexibility index (Phi) is 10.0. The zero-order chi connectivity index (χ0) is 23.3. The van der Waals surface area contributed by atoms with Crippen molar-refractivity contribution in [1.29, 1.82) is 0 Å². The SMILES string of the molecule is CCCCCc1c(C=CC(=O)NCCCCCCc2cccnc2)oc2cc(OC)ccc12. The van der Waals surface area contributed by atoms with Gasteiger partial charge in [-0.3, -0.25) is 9.78 Å². The molecule has 1 aromatic carbocycles. The van der Waals surface area contributed by atoms with Crippen LogP contribution in [0.5, 0.6) is 5.75 Å². The van der Waals surface area contributed by atoms with Crippen LogP contribution in [0.4, 0.5) is 0 Å². The zero-order valence-electron chi connectivity index (χ0n) is 19.9. The molecule has 0 radical (unpaired) electrons. The van der Waals surface area contributed by atoms with Crippen LogP contribution in [0.2, 0.25) is 0 Å². The molecule has 0 bridgehead atoms. The lowest BCUT2D eigenvalue weighted by Crippen LogP contribution is -2.21. The number of ether oxygens (including phenoxy) is 1. The fraction of sp³-hybridized carbons (Fsp3) is 0.429. The van der Waals surface area contributed by atoms with E-state index in [0.717, 1.165) is 67.4 Å². The Bertz CT molecular complexity index is 1020. The summed E-state index contributed by atoms with van der Waals surface area (Å²) in [4.78, 5) is 16.5. The molecule has 3 aromatic rings. The lowest BCUT2D eigenvalue weighted by Gasteiger charge is -2.03. The summed E-state index contributed by atoms with van der Waals surface area (Å²) in [5, 5.41) is 4.08. The Labute approximate surface area is 197 Å². The number of carbonyl (C=O) groups excluding carboxylic acids is 1. The molecule has 3 rings (SSSR count). The number of hydrogen-bond donors (Lipinski definition) is 1. The highest BCUT2D eigenvalue weighted by Gasteiger charge is 2.13. The fourth-order valence-corrected chi connectivity index (χ4v) is 4.00. The van der Waals surface area contributed by atoms with Crippen molar-refractivity contribution in [3.05, 3.63) is 65.7 Å². The second-order valence-corrected chi connectivity index (χ2v) is 8.41. The van der Waals surface area contributed by atoms with Crippen LogP contribution in [0.25, 0.3) is 17.0 Å². The minimum absolute atomic E-state index is 0.0806. The van der Waals surface area contributed by atoms with Gasteiger partial charge in [0.25, 0.3) is 0 Å². The van der Waals surface area contributed by atoms with Crippen LogP contribution in [-0.2, 0) is 17.6 Å². The number of unbranched alkanes of at least 4 members (excludes halogenated alkanes) is 5. The summed E-state index contributed by atoms with van der Waals surface area (Å²) in [5.41, 5.74) is 3.25. The number of rotatable bonds is 14. The summed E-state index contributed by atoms with van der Waals surface area (Å²) < 4.78 is 11.4. The number of hydrogen-bond acceptors (Lipinski definition) is 4. The average molecular weight is 449 g/mol. The predicted molar refractivity (Wildman–Crippen MR) is 134 cm³/mol. The number of methoxy groups -OCH3 is 1. The van der Waals surface area contributed by atoms with E-state index in [0.29, 0.717) is 6.54 Å². The third-order valence-corrected chi connectivity index (χ3v) is 5.86. The molecule has 2 heterocycles. The molecule has 0 fully saturated rings. The largest absolute Gasteiger partial charge is 0.497 e. The smallest absolute Gasteiger partial charge is 0.244 e. The number of pyridine rings is 1. The molecule has 0 aliphatic rings. The van der Waals surface area contributed by atoms with Gasteiger partial charge >= 0.3 is 0 Å². The molecule has 0 atom stereocenters. The molecule has 0 unspecified atom stereocenters. The molecule has 33 heavy (non-hydrogen) atoms. The first-order valence-corrected chi connectivity index (χ1v) is 12.2. The quantitative estimate of drug-likeness (QED) is 0.226. The van der Waals surface area contributed by atoms with Crippen molar-refractivity contribution in [1.82, 2.24) is 10.3 Å². The number of benzene rings is 1. The maximum Gasteiger partial charge on any atom is 0.244 e. The van der Waals surface area contributed by atoms with Gasteiger partial charge in [-0.2, -0.15) is 0 Å². The van der Waals surface area contributed by atoms with E-state index in [9.17, 15) is 4.79 Å². The van der Waals surface area contributed by atoms with E-state index in [1.807, 2.05) is 30.5 Å². The third-order valence-electron chi connectivity index (χ3n) is 5.86. The molecule has 2 aromatic heterocycles. The van der Waals surface area contributed by atoms with Crippen molar-refractivity contribution < 1.29 is 13.9 Å². The number of nitrogens with one attached hydrogen (secondary N) is 1. The molecule has 176 valence electrons. The molecule has 5 nitrogen and oxygen atoms in total. The lowest BCUT2D eigenvalue weighted by molar-refractivity contribution is -0.116. The van der Waals surface area contributed by atoms with E-state index in [2.05, 4.69) is 23.3 Å². The summed E-state index contributed by atoms with van der Waals surface area (Å²) in [5.74, 6) is 1.45. The van der Waals surface area contributed by atoms with Crippen LogP contribution >= 0.6 is 0 Å². The van der Waals surface area contributed by atoms with Crippen LogP contribution in [0.1, 0.15) is 68.8 Å². The van der Waals surface area contributed by atoms with Crippen molar-refractivity contribution >= 4 is 23.0 Å². The Morgan fingerprint density at radius 1 is 1.09 bits per heavy atom. The summed E-state index contributed by atoms with van der Waals surface area (Å²) in [6.45, 7) is 2.89. The molecule has 0 spiro atoms. The third kappa shape index (κ3) is 7.77. The first kappa shape index (κ1) is 24.6. The summed E-state index contributed by atoms with van der Waals surface area (Å²) in [7, 11) is 1.65.